The maximum absolute atomic E-state index is 12.5. The third kappa shape index (κ3) is 3.34. The SMILES string of the molecule is N#Cc1ccnc(N2CCOC(C(=O)N3CCSCC3)C2)c1. The molecule has 1 aromatic heterocycles. The maximum Gasteiger partial charge on any atom is 0.253 e. The number of hydrogen-bond donors (Lipinski definition) is 0. The zero-order valence-electron chi connectivity index (χ0n) is 12.3. The van der Waals surface area contributed by atoms with E-state index in [4.69, 9.17) is 10.00 Å². The molecule has 0 N–H and O–H groups in total. The van der Waals surface area contributed by atoms with E-state index in [0.29, 0.717) is 25.3 Å². The maximum atomic E-state index is 12.5. The first kappa shape index (κ1) is 15.1. The number of rotatable bonds is 2. The highest BCUT2D eigenvalue weighted by atomic mass is 32.2. The van der Waals surface area contributed by atoms with Crippen molar-refractivity contribution in [2.24, 2.45) is 0 Å². The van der Waals surface area contributed by atoms with Gasteiger partial charge in [0.2, 0.25) is 0 Å². The lowest BCUT2D eigenvalue weighted by Crippen LogP contribution is -2.52. The van der Waals surface area contributed by atoms with Gasteiger partial charge in [-0.25, -0.2) is 4.98 Å². The molecule has 2 fully saturated rings. The van der Waals surface area contributed by atoms with Crippen LogP contribution in [-0.2, 0) is 9.53 Å². The quantitative estimate of drug-likeness (QED) is 0.801. The first-order valence-electron chi connectivity index (χ1n) is 7.37. The van der Waals surface area contributed by atoms with Crippen LogP contribution in [0.5, 0.6) is 0 Å². The van der Waals surface area contributed by atoms with E-state index in [0.717, 1.165) is 30.4 Å². The lowest BCUT2D eigenvalue weighted by Gasteiger charge is -2.36. The molecule has 0 aromatic carbocycles. The van der Waals surface area contributed by atoms with Crippen LogP contribution in [0.2, 0.25) is 0 Å². The van der Waals surface area contributed by atoms with Crippen molar-refractivity contribution >= 4 is 23.5 Å². The van der Waals surface area contributed by atoms with Crippen molar-refractivity contribution in [1.29, 1.82) is 5.26 Å². The number of nitrogens with zero attached hydrogens (tertiary/aromatic N) is 4. The average molecular weight is 318 g/mol. The largest absolute Gasteiger partial charge is 0.365 e. The fourth-order valence-electron chi connectivity index (χ4n) is 2.66. The zero-order chi connectivity index (χ0) is 15.4. The summed E-state index contributed by atoms with van der Waals surface area (Å²) in [6.45, 7) is 3.26. The molecule has 1 atom stereocenters. The van der Waals surface area contributed by atoms with E-state index in [9.17, 15) is 4.79 Å². The van der Waals surface area contributed by atoms with Crippen LogP contribution in [0.25, 0.3) is 0 Å². The highest BCUT2D eigenvalue weighted by molar-refractivity contribution is 7.99. The normalized spacial score (nSPS) is 22.2. The molecule has 2 saturated heterocycles. The van der Waals surface area contributed by atoms with Gasteiger partial charge in [0.05, 0.1) is 24.8 Å². The minimum atomic E-state index is -0.440. The molecule has 22 heavy (non-hydrogen) atoms. The van der Waals surface area contributed by atoms with Crippen LogP contribution >= 0.6 is 11.8 Å². The second-order valence-electron chi connectivity index (χ2n) is 5.26. The summed E-state index contributed by atoms with van der Waals surface area (Å²) >= 11 is 1.88. The molecule has 6 nitrogen and oxygen atoms in total. The molecular weight excluding hydrogens is 300 g/mol. The Balaban J connectivity index is 1.68. The molecule has 1 aromatic rings. The summed E-state index contributed by atoms with van der Waals surface area (Å²) in [6.07, 6.45) is 1.19. The van der Waals surface area contributed by atoms with Crippen molar-refractivity contribution in [1.82, 2.24) is 9.88 Å². The summed E-state index contributed by atoms with van der Waals surface area (Å²) in [4.78, 5) is 20.8. The van der Waals surface area contributed by atoms with Crippen LogP contribution in [0.15, 0.2) is 18.3 Å². The predicted molar refractivity (Wildman–Crippen MR) is 84.8 cm³/mol. The highest BCUT2D eigenvalue weighted by Crippen LogP contribution is 2.18. The van der Waals surface area contributed by atoms with Gasteiger partial charge in [-0.2, -0.15) is 17.0 Å². The Bertz CT molecular complexity index is 583. The number of hydrogen-bond acceptors (Lipinski definition) is 6. The van der Waals surface area contributed by atoms with E-state index in [1.807, 2.05) is 21.6 Å². The summed E-state index contributed by atoms with van der Waals surface area (Å²) in [5.74, 6) is 2.79. The second-order valence-corrected chi connectivity index (χ2v) is 6.48. The fourth-order valence-corrected chi connectivity index (χ4v) is 3.56. The average Bonchev–Trinajstić information content (AvgIpc) is 2.62. The molecule has 3 rings (SSSR count). The Morgan fingerprint density at radius 2 is 2.23 bits per heavy atom. The molecule has 0 radical (unpaired) electrons. The number of nitriles is 1. The van der Waals surface area contributed by atoms with Gasteiger partial charge in [0.25, 0.3) is 5.91 Å². The van der Waals surface area contributed by atoms with Crippen LogP contribution in [-0.4, -0.2) is 66.2 Å². The van der Waals surface area contributed by atoms with Gasteiger partial charge in [-0.15, -0.1) is 0 Å². The number of carbonyl (C=O) groups is 1. The predicted octanol–water partition coefficient (Wildman–Crippen LogP) is 0.734. The number of ether oxygens (including phenoxy) is 1. The molecule has 1 amide bonds. The summed E-state index contributed by atoms with van der Waals surface area (Å²) in [6, 6.07) is 5.55. The first-order chi connectivity index (χ1) is 10.8. The van der Waals surface area contributed by atoms with Gasteiger partial charge >= 0.3 is 0 Å². The number of amides is 1. The Morgan fingerprint density at radius 1 is 1.41 bits per heavy atom. The van der Waals surface area contributed by atoms with Crippen molar-refractivity contribution in [3.63, 3.8) is 0 Å². The van der Waals surface area contributed by atoms with Gasteiger partial charge < -0.3 is 14.5 Å². The van der Waals surface area contributed by atoms with Gasteiger partial charge in [-0.3, -0.25) is 4.79 Å². The van der Waals surface area contributed by atoms with Gasteiger partial charge in [-0.05, 0) is 12.1 Å². The smallest absolute Gasteiger partial charge is 0.253 e. The highest BCUT2D eigenvalue weighted by Gasteiger charge is 2.31. The lowest BCUT2D eigenvalue weighted by molar-refractivity contribution is -0.144. The number of thioether (sulfide) groups is 1. The van der Waals surface area contributed by atoms with E-state index in [2.05, 4.69) is 11.1 Å². The fraction of sp³-hybridized carbons (Fsp3) is 0.533. The third-order valence-corrected chi connectivity index (χ3v) is 4.81. The molecule has 0 bridgehead atoms. The standard InChI is InChI=1S/C15H18N4O2S/c16-10-12-1-2-17-14(9-12)19-3-6-21-13(11-19)15(20)18-4-7-22-8-5-18/h1-2,9,13H,3-8,11H2. The first-order valence-corrected chi connectivity index (χ1v) is 8.52. The van der Waals surface area contributed by atoms with Crippen LogP contribution in [0.4, 0.5) is 5.82 Å². The topological polar surface area (TPSA) is 69.5 Å². The van der Waals surface area contributed by atoms with E-state index in [1.54, 1.807) is 18.3 Å². The van der Waals surface area contributed by atoms with Crippen molar-refractivity contribution in [2.45, 2.75) is 6.10 Å². The monoisotopic (exact) mass is 318 g/mol. The number of anilines is 1. The molecular formula is C15H18N4O2S. The summed E-state index contributed by atoms with van der Waals surface area (Å²) in [5, 5.41) is 8.99. The number of pyridine rings is 1. The van der Waals surface area contributed by atoms with Crippen molar-refractivity contribution in [2.75, 3.05) is 49.2 Å². The lowest BCUT2D eigenvalue weighted by atomic mass is 10.2. The number of aromatic nitrogens is 1. The van der Waals surface area contributed by atoms with Gasteiger partial charge in [-0.1, -0.05) is 0 Å². The molecule has 2 aliphatic rings. The molecule has 2 aliphatic heterocycles. The second kappa shape index (κ2) is 6.99. The Labute approximate surface area is 134 Å². The number of morpholine rings is 1. The number of carbonyl (C=O) groups excluding carboxylic acids is 1. The van der Waals surface area contributed by atoms with Crippen LogP contribution in [0.3, 0.4) is 0 Å². The van der Waals surface area contributed by atoms with Gasteiger partial charge in [0.15, 0.2) is 6.10 Å². The summed E-state index contributed by atoms with van der Waals surface area (Å²) in [5.41, 5.74) is 0.576. The van der Waals surface area contributed by atoms with Crippen molar-refractivity contribution < 1.29 is 9.53 Å². The van der Waals surface area contributed by atoms with Crippen molar-refractivity contribution in [3.05, 3.63) is 23.9 Å². The molecule has 7 heteroatoms. The van der Waals surface area contributed by atoms with E-state index < -0.39 is 6.10 Å². The Kier molecular flexibility index (Phi) is 4.80. The van der Waals surface area contributed by atoms with Gasteiger partial charge in [0.1, 0.15) is 5.82 Å². The molecule has 1 unspecified atom stereocenters. The van der Waals surface area contributed by atoms with Crippen LogP contribution < -0.4 is 4.90 Å². The van der Waals surface area contributed by atoms with Gasteiger partial charge in [0, 0.05) is 37.3 Å². The third-order valence-electron chi connectivity index (χ3n) is 3.86. The van der Waals surface area contributed by atoms with E-state index in [-0.39, 0.29) is 5.91 Å². The Hall–Kier alpha value is -1.78. The molecule has 116 valence electrons. The molecule has 0 aliphatic carbocycles. The van der Waals surface area contributed by atoms with Crippen LogP contribution in [0.1, 0.15) is 5.56 Å². The van der Waals surface area contributed by atoms with Crippen molar-refractivity contribution in [3.8, 4) is 6.07 Å². The van der Waals surface area contributed by atoms with E-state index >= 15 is 0 Å². The minimum absolute atomic E-state index is 0.0708. The van der Waals surface area contributed by atoms with Crippen LogP contribution in [0, 0.1) is 11.3 Å². The molecule has 3 heterocycles. The zero-order valence-corrected chi connectivity index (χ0v) is 13.1. The minimum Gasteiger partial charge on any atom is -0.365 e. The molecule has 0 spiro atoms. The Morgan fingerprint density at radius 3 is 3.00 bits per heavy atom. The summed E-state index contributed by atoms with van der Waals surface area (Å²) < 4.78 is 5.67. The van der Waals surface area contributed by atoms with E-state index in [1.165, 1.54) is 0 Å². The molecule has 0 saturated carbocycles. The summed E-state index contributed by atoms with van der Waals surface area (Å²) in [7, 11) is 0.